The monoisotopic (exact) mass is 212 g/mol. The van der Waals surface area contributed by atoms with Gasteiger partial charge in [-0.05, 0) is 12.5 Å². The summed E-state index contributed by atoms with van der Waals surface area (Å²) in [6.45, 7) is 1.66. The molecule has 1 atom stereocenters. The van der Waals surface area contributed by atoms with Crippen molar-refractivity contribution in [1.29, 1.82) is 0 Å². The summed E-state index contributed by atoms with van der Waals surface area (Å²) < 4.78 is 4.84. The maximum Gasteiger partial charge on any atom is 0.326 e. The average molecular weight is 212 g/mol. The molecule has 0 aliphatic heterocycles. The Morgan fingerprint density at radius 1 is 1.60 bits per heavy atom. The van der Waals surface area contributed by atoms with Crippen LogP contribution in [0.3, 0.4) is 0 Å². The summed E-state index contributed by atoms with van der Waals surface area (Å²) >= 11 is 0. The number of rotatable bonds is 4. The highest BCUT2D eigenvalue weighted by atomic mass is 16.4. The van der Waals surface area contributed by atoms with Gasteiger partial charge in [-0.25, -0.2) is 4.79 Å². The normalized spacial score (nSPS) is 12.1. The predicted molar refractivity (Wildman–Crippen MR) is 52.3 cm³/mol. The van der Waals surface area contributed by atoms with Crippen molar-refractivity contribution in [2.24, 2.45) is 0 Å². The Morgan fingerprint density at radius 2 is 2.27 bits per heavy atom. The van der Waals surface area contributed by atoms with Gasteiger partial charge in [-0.2, -0.15) is 0 Å². The van der Waals surface area contributed by atoms with Gasteiger partial charge in [-0.3, -0.25) is 4.79 Å². The molecule has 0 aliphatic rings. The third-order valence-corrected chi connectivity index (χ3v) is 1.86. The Balaban J connectivity index is 2.66. The minimum absolute atomic E-state index is 0.00667. The molecule has 4 N–H and O–H groups in total. The molecule has 82 valence electrons. The highest BCUT2D eigenvalue weighted by molar-refractivity contribution is 5.94. The van der Waals surface area contributed by atoms with E-state index in [1.165, 1.54) is 12.1 Å². The molecule has 0 spiro atoms. The fourth-order valence-corrected chi connectivity index (χ4v) is 1.04. The molecule has 6 nitrogen and oxygen atoms in total. The number of nitrogens with two attached hydrogens (primary N) is 1. The third-order valence-electron chi connectivity index (χ3n) is 1.86. The van der Waals surface area contributed by atoms with Gasteiger partial charge in [0.25, 0.3) is 5.91 Å². The van der Waals surface area contributed by atoms with Crippen molar-refractivity contribution < 1.29 is 19.1 Å². The number of carbonyl (C=O) groups excluding carboxylic acids is 1. The van der Waals surface area contributed by atoms with E-state index in [0.29, 0.717) is 6.42 Å². The zero-order chi connectivity index (χ0) is 11.4. The van der Waals surface area contributed by atoms with Crippen molar-refractivity contribution >= 4 is 17.8 Å². The lowest BCUT2D eigenvalue weighted by molar-refractivity contribution is -0.139. The Kier molecular flexibility index (Phi) is 3.33. The average Bonchev–Trinajstić information content (AvgIpc) is 2.60. The number of carboxylic acids is 1. The van der Waals surface area contributed by atoms with Crippen molar-refractivity contribution in [2.75, 3.05) is 5.73 Å². The first-order chi connectivity index (χ1) is 7.04. The summed E-state index contributed by atoms with van der Waals surface area (Å²) in [5.41, 5.74) is 5.28. The number of amides is 1. The Hall–Kier alpha value is -1.98. The lowest BCUT2D eigenvalue weighted by Gasteiger charge is -2.10. The molecule has 0 bridgehead atoms. The fourth-order valence-electron chi connectivity index (χ4n) is 1.04. The molecule has 1 rings (SSSR count). The minimum atomic E-state index is -1.08. The first-order valence-electron chi connectivity index (χ1n) is 4.43. The van der Waals surface area contributed by atoms with Crippen LogP contribution in [0.25, 0.3) is 0 Å². The maximum absolute atomic E-state index is 11.4. The van der Waals surface area contributed by atoms with Crippen molar-refractivity contribution in [2.45, 2.75) is 19.4 Å². The SMILES string of the molecule is CCC(NC(=O)c1ccc(N)o1)C(=O)O. The van der Waals surface area contributed by atoms with Crippen LogP contribution in [-0.2, 0) is 4.79 Å². The second-order valence-electron chi connectivity index (χ2n) is 2.97. The van der Waals surface area contributed by atoms with Crippen molar-refractivity contribution in [3.05, 3.63) is 17.9 Å². The summed E-state index contributed by atoms with van der Waals surface area (Å²) in [5, 5.41) is 11.0. The van der Waals surface area contributed by atoms with Crippen molar-refractivity contribution in [3.8, 4) is 0 Å². The van der Waals surface area contributed by atoms with E-state index < -0.39 is 17.9 Å². The number of carbonyl (C=O) groups is 2. The zero-order valence-electron chi connectivity index (χ0n) is 8.19. The minimum Gasteiger partial charge on any atom is -0.480 e. The second-order valence-corrected chi connectivity index (χ2v) is 2.97. The van der Waals surface area contributed by atoms with E-state index in [9.17, 15) is 9.59 Å². The van der Waals surface area contributed by atoms with Gasteiger partial charge in [-0.15, -0.1) is 0 Å². The number of nitrogens with one attached hydrogen (secondary N) is 1. The molecule has 1 aromatic heterocycles. The molecule has 1 unspecified atom stereocenters. The number of nitrogen functional groups attached to an aromatic ring is 1. The number of anilines is 1. The van der Waals surface area contributed by atoms with E-state index in [1.54, 1.807) is 6.92 Å². The van der Waals surface area contributed by atoms with Gasteiger partial charge < -0.3 is 20.6 Å². The van der Waals surface area contributed by atoms with Crippen LogP contribution in [0.5, 0.6) is 0 Å². The van der Waals surface area contributed by atoms with Crippen LogP contribution in [0, 0.1) is 0 Å². The standard InChI is InChI=1S/C9H12N2O4/c1-2-5(9(13)14)11-8(12)6-3-4-7(10)15-6/h3-5H,2,10H2,1H3,(H,11,12)(H,13,14). The summed E-state index contributed by atoms with van der Waals surface area (Å²) in [6.07, 6.45) is 0.303. The van der Waals surface area contributed by atoms with Gasteiger partial charge in [0.2, 0.25) is 0 Å². The van der Waals surface area contributed by atoms with Crippen LogP contribution in [0.15, 0.2) is 16.5 Å². The molecular formula is C9H12N2O4. The maximum atomic E-state index is 11.4. The lowest BCUT2D eigenvalue weighted by atomic mass is 10.2. The summed E-state index contributed by atoms with van der Waals surface area (Å²) in [5.74, 6) is -1.54. The first kappa shape index (κ1) is 11.1. The van der Waals surface area contributed by atoms with Gasteiger partial charge >= 0.3 is 5.97 Å². The molecular weight excluding hydrogens is 200 g/mol. The highest BCUT2D eigenvalue weighted by Crippen LogP contribution is 2.09. The van der Waals surface area contributed by atoms with E-state index in [1.807, 2.05) is 0 Å². The number of hydrogen-bond donors (Lipinski definition) is 3. The molecule has 0 radical (unpaired) electrons. The van der Waals surface area contributed by atoms with Crippen LogP contribution in [0.1, 0.15) is 23.9 Å². The van der Waals surface area contributed by atoms with E-state index in [-0.39, 0.29) is 11.6 Å². The number of carboxylic acid groups (broad SMARTS) is 1. The number of furan rings is 1. The second kappa shape index (κ2) is 4.50. The largest absolute Gasteiger partial charge is 0.480 e. The molecule has 1 amide bonds. The Morgan fingerprint density at radius 3 is 2.67 bits per heavy atom. The molecule has 0 saturated carbocycles. The van der Waals surface area contributed by atoms with Crippen LogP contribution >= 0.6 is 0 Å². The van der Waals surface area contributed by atoms with Gasteiger partial charge in [0.1, 0.15) is 6.04 Å². The predicted octanol–water partition coefficient (Wildman–Crippen LogP) is 0.455. The smallest absolute Gasteiger partial charge is 0.326 e. The summed E-state index contributed by atoms with van der Waals surface area (Å²) in [6, 6.07) is 1.90. The molecule has 0 aliphatic carbocycles. The summed E-state index contributed by atoms with van der Waals surface area (Å²) in [4.78, 5) is 22.0. The molecule has 0 fully saturated rings. The van der Waals surface area contributed by atoms with E-state index >= 15 is 0 Å². The Bertz CT molecular complexity index is 372. The molecule has 0 saturated heterocycles. The Labute approximate surface area is 86.1 Å². The van der Waals surface area contributed by atoms with Crippen LogP contribution in [0.2, 0.25) is 0 Å². The molecule has 6 heteroatoms. The first-order valence-corrected chi connectivity index (χ1v) is 4.43. The van der Waals surface area contributed by atoms with E-state index in [4.69, 9.17) is 15.3 Å². The highest BCUT2D eigenvalue weighted by Gasteiger charge is 2.20. The zero-order valence-corrected chi connectivity index (χ0v) is 8.19. The molecule has 0 aromatic carbocycles. The van der Waals surface area contributed by atoms with Gasteiger partial charge in [-0.1, -0.05) is 6.92 Å². The molecule has 1 heterocycles. The summed E-state index contributed by atoms with van der Waals surface area (Å²) in [7, 11) is 0. The van der Waals surface area contributed by atoms with Crippen LogP contribution in [-0.4, -0.2) is 23.0 Å². The number of hydrogen-bond acceptors (Lipinski definition) is 4. The number of aliphatic carboxylic acids is 1. The van der Waals surface area contributed by atoms with Gasteiger partial charge in [0.15, 0.2) is 11.6 Å². The van der Waals surface area contributed by atoms with E-state index in [2.05, 4.69) is 5.32 Å². The van der Waals surface area contributed by atoms with Crippen LogP contribution in [0.4, 0.5) is 5.88 Å². The van der Waals surface area contributed by atoms with E-state index in [0.717, 1.165) is 0 Å². The lowest BCUT2D eigenvalue weighted by Crippen LogP contribution is -2.40. The third kappa shape index (κ3) is 2.73. The topological polar surface area (TPSA) is 106 Å². The van der Waals surface area contributed by atoms with Crippen LogP contribution < -0.4 is 11.1 Å². The van der Waals surface area contributed by atoms with Crippen molar-refractivity contribution in [3.63, 3.8) is 0 Å². The molecule has 15 heavy (non-hydrogen) atoms. The molecule has 1 aromatic rings. The quantitative estimate of drug-likeness (QED) is 0.672. The van der Waals surface area contributed by atoms with Gasteiger partial charge in [0.05, 0.1) is 0 Å². The van der Waals surface area contributed by atoms with Gasteiger partial charge in [0, 0.05) is 6.07 Å². The fraction of sp³-hybridized carbons (Fsp3) is 0.333. The van der Waals surface area contributed by atoms with Crippen molar-refractivity contribution in [1.82, 2.24) is 5.32 Å².